The number of hydrazine groups is 1. The van der Waals surface area contributed by atoms with Gasteiger partial charge >= 0.3 is 10.2 Å². The lowest BCUT2D eigenvalue weighted by Crippen LogP contribution is -2.44. The lowest BCUT2D eigenvalue weighted by Gasteiger charge is -2.19. The fraction of sp³-hybridized carbons (Fsp3) is 0.875. The predicted octanol–water partition coefficient (Wildman–Crippen LogP) is 0.904. The molecule has 0 aromatic heterocycles. The minimum Gasteiger partial charge on any atom is -0.290 e. The highest BCUT2D eigenvalue weighted by molar-refractivity contribution is 7.88. The lowest BCUT2D eigenvalue weighted by atomic mass is 10.1. The van der Waals surface area contributed by atoms with Gasteiger partial charge < -0.3 is 0 Å². The van der Waals surface area contributed by atoms with Gasteiger partial charge in [0.05, 0.1) is 0 Å². The molecule has 0 spiro atoms. The second-order valence-corrected chi connectivity index (χ2v) is 5.24. The summed E-state index contributed by atoms with van der Waals surface area (Å²) < 4.78 is 27.9. The van der Waals surface area contributed by atoms with E-state index in [1.807, 2.05) is 13.8 Å². The Kier molecular flexibility index (Phi) is 3.16. The first-order chi connectivity index (χ1) is 6.38. The highest BCUT2D eigenvalue weighted by Gasteiger charge is 2.33. The summed E-state index contributed by atoms with van der Waals surface area (Å²) in [7, 11) is -3.48. The molecule has 0 radical (unpaired) electrons. The summed E-state index contributed by atoms with van der Waals surface area (Å²) in [6.45, 7) is 7.56. The van der Waals surface area contributed by atoms with Gasteiger partial charge in [-0.2, -0.15) is 8.42 Å². The van der Waals surface area contributed by atoms with Crippen molar-refractivity contribution >= 4 is 16.0 Å². The summed E-state index contributed by atoms with van der Waals surface area (Å²) in [5.41, 5.74) is 2.83. The average molecular weight is 219 g/mol. The zero-order chi connectivity index (χ0) is 10.9. The van der Waals surface area contributed by atoms with Crippen molar-refractivity contribution in [3.05, 3.63) is 0 Å². The van der Waals surface area contributed by atoms with E-state index in [9.17, 15) is 8.42 Å². The smallest absolute Gasteiger partial charge is 0.290 e. The molecule has 0 bridgehead atoms. The zero-order valence-corrected chi connectivity index (χ0v) is 9.80. The van der Waals surface area contributed by atoms with Crippen LogP contribution in [0.25, 0.3) is 0 Å². The van der Waals surface area contributed by atoms with Crippen LogP contribution < -0.4 is 5.43 Å². The van der Waals surface area contributed by atoms with Gasteiger partial charge in [-0.05, 0) is 20.3 Å². The quantitative estimate of drug-likeness (QED) is 0.767. The van der Waals surface area contributed by atoms with Crippen molar-refractivity contribution in [1.29, 1.82) is 0 Å². The Morgan fingerprint density at radius 3 is 2.36 bits per heavy atom. The fourth-order valence-electron chi connectivity index (χ4n) is 1.15. The van der Waals surface area contributed by atoms with Crippen molar-refractivity contribution in [3.8, 4) is 0 Å². The minimum absolute atomic E-state index is 0.120. The molecule has 0 saturated carbocycles. The van der Waals surface area contributed by atoms with Crippen molar-refractivity contribution in [2.24, 2.45) is 10.3 Å². The highest BCUT2D eigenvalue weighted by Crippen LogP contribution is 2.16. The van der Waals surface area contributed by atoms with Crippen LogP contribution in [0.15, 0.2) is 4.40 Å². The van der Waals surface area contributed by atoms with Gasteiger partial charge in [0.2, 0.25) is 0 Å². The Morgan fingerprint density at radius 2 is 2.00 bits per heavy atom. The van der Waals surface area contributed by atoms with Gasteiger partial charge in [0.25, 0.3) is 0 Å². The Bertz CT molecular complexity index is 334. The second-order valence-electron chi connectivity index (χ2n) is 3.77. The molecule has 6 heteroatoms. The number of hydrogen-bond donors (Lipinski definition) is 1. The van der Waals surface area contributed by atoms with E-state index >= 15 is 0 Å². The third kappa shape index (κ3) is 2.06. The molecule has 0 fully saturated rings. The zero-order valence-electron chi connectivity index (χ0n) is 8.98. The van der Waals surface area contributed by atoms with Crippen LogP contribution in [-0.2, 0) is 10.2 Å². The molecule has 0 aromatic rings. The van der Waals surface area contributed by atoms with Crippen LogP contribution in [0.5, 0.6) is 0 Å². The third-order valence-corrected chi connectivity index (χ3v) is 3.67. The Hall–Kier alpha value is -0.620. The molecule has 1 aliphatic rings. The molecule has 1 N–H and O–H groups in total. The van der Waals surface area contributed by atoms with E-state index in [2.05, 4.69) is 9.82 Å². The van der Waals surface area contributed by atoms with E-state index < -0.39 is 10.2 Å². The van der Waals surface area contributed by atoms with Crippen molar-refractivity contribution in [2.75, 3.05) is 0 Å². The average Bonchev–Trinajstić information content (AvgIpc) is 2.40. The highest BCUT2D eigenvalue weighted by atomic mass is 32.2. The van der Waals surface area contributed by atoms with E-state index in [1.54, 1.807) is 13.8 Å². The molecule has 1 aliphatic heterocycles. The maximum absolute atomic E-state index is 11.5. The molecule has 0 aliphatic carbocycles. The van der Waals surface area contributed by atoms with E-state index in [1.165, 1.54) is 4.41 Å². The number of rotatable bonds is 3. The first-order valence-electron chi connectivity index (χ1n) is 4.79. The van der Waals surface area contributed by atoms with Crippen molar-refractivity contribution < 1.29 is 8.42 Å². The summed E-state index contributed by atoms with van der Waals surface area (Å²) >= 11 is 0. The monoisotopic (exact) mass is 219 g/mol. The minimum atomic E-state index is -3.48. The molecular weight excluding hydrogens is 202 g/mol. The Morgan fingerprint density at radius 1 is 1.43 bits per heavy atom. The van der Waals surface area contributed by atoms with Crippen molar-refractivity contribution in [1.82, 2.24) is 9.84 Å². The topological polar surface area (TPSA) is 61.8 Å². The van der Waals surface area contributed by atoms with Gasteiger partial charge in [-0.25, -0.2) is 0 Å². The van der Waals surface area contributed by atoms with Gasteiger partial charge in [0, 0.05) is 12.0 Å². The van der Waals surface area contributed by atoms with E-state index in [4.69, 9.17) is 0 Å². The van der Waals surface area contributed by atoms with Crippen molar-refractivity contribution in [3.63, 3.8) is 0 Å². The summed E-state index contributed by atoms with van der Waals surface area (Å²) in [6, 6.07) is -0.120. The number of hydrogen-bond acceptors (Lipinski definition) is 3. The van der Waals surface area contributed by atoms with Gasteiger partial charge in [-0.3, -0.25) is 5.43 Å². The van der Waals surface area contributed by atoms with Crippen LogP contribution in [-0.4, -0.2) is 24.7 Å². The van der Waals surface area contributed by atoms with Crippen LogP contribution in [0.2, 0.25) is 0 Å². The Balaban J connectivity index is 2.90. The first kappa shape index (κ1) is 11.5. The number of nitrogens with one attached hydrogen (secondary N) is 1. The van der Waals surface area contributed by atoms with Gasteiger partial charge in [-0.15, -0.1) is 4.40 Å². The molecule has 1 atom stereocenters. The van der Waals surface area contributed by atoms with E-state index in [0.29, 0.717) is 5.84 Å². The molecule has 82 valence electrons. The third-order valence-electron chi connectivity index (χ3n) is 2.24. The van der Waals surface area contributed by atoms with Crippen LogP contribution in [0, 0.1) is 5.92 Å². The SMILES string of the molecule is CCC(C)C1=NS(=O)(=O)N(C(C)C)N1. The van der Waals surface area contributed by atoms with Gasteiger partial charge in [0.15, 0.2) is 0 Å². The fourth-order valence-corrected chi connectivity index (χ4v) is 2.45. The van der Waals surface area contributed by atoms with Gasteiger partial charge in [0.1, 0.15) is 5.84 Å². The van der Waals surface area contributed by atoms with E-state index in [0.717, 1.165) is 6.42 Å². The van der Waals surface area contributed by atoms with Crippen LogP contribution >= 0.6 is 0 Å². The predicted molar refractivity (Wildman–Crippen MR) is 55.9 cm³/mol. The lowest BCUT2D eigenvalue weighted by molar-refractivity contribution is 0.325. The van der Waals surface area contributed by atoms with E-state index in [-0.39, 0.29) is 12.0 Å². The molecule has 5 nitrogen and oxygen atoms in total. The van der Waals surface area contributed by atoms with Crippen LogP contribution in [0.3, 0.4) is 0 Å². The standard InChI is InChI=1S/C8H17N3O2S/c1-5-7(4)8-9-11(6(2)3)14(12,13)10-8/h6-7H,5H2,1-4H3,(H,9,10). The number of nitrogens with zero attached hydrogens (tertiary/aromatic N) is 2. The summed E-state index contributed by atoms with van der Waals surface area (Å²) in [6.07, 6.45) is 0.868. The summed E-state index contributed by atoms with van der Waals surface area (Å²) in [5.74, 6) is 0.690. The maximum Gasteiger partial charge on any atom is 0.341 e. The van der Waals surface area contributed by atoms with Gasteiger partial charge in [-0.1, -0.05) is 18.3 Å². The van der Waals surface area contributed by atoms with Crippen LogP contribution in [0.1, 0.15) is 34.1 Å². The normalized spacial score (nSPS) is 23.4. The summed E-state index contributed by atoms with van der Waals surface area (Å²) in [5, 5.41) is 0. The molecule has 0 amide bonds. The molecular formula is C8H17N3O2S. The second kappa shape index (κ2) is 3.86. The molecule has 1 unspecified atom stereocenters. The van der Waals surface area contributed by atoms with Crippen molar-refractivity contribution in [2.45, 2.75) is 40.2 Å². The molecule has 0 saturated heterocycles. The Labute approximate surface area is 85.4 Å². The summed E-state index contributed by atoms with van der Waals surface area (Å²) in [4.78, 5) is 0. The number of amidine groups is 1. The molecule has 1 heterocycles. The first-order valence-corrected chi connectivity index (χ1v) is 6.19. The molecule has 14 heavy (non-hydrogen) atoms. The largest absolute Gasteiger partial charge is 0.341 e. The van der Waals surface area contributed by atoms with Crippen LogP contribution in [0.4, 0.5) is 0 Å². The molecule has 0 aromatic carbocycles. The maximum atomic E-state index is 11.5. The molecule has 1 rings (SSSR count).